The molecular formula is C31H50O6S2. The second-order valence-corrected chi connectivity index (χ2v) is 7.93. The fraction of sp³-hybridized carbons (Fsp3) is 0.355. The largest absolute Gasteiger partial charge is 0.472 e. The number of Topliss-reactive ketones (excluding diaryl/α,β-unsaturated/α-hetero) is 4. The monoisotopic (exact) mass is 582 g/mol. The van der Waals surface area contributed by atoms with Crippen LogP contribution in [-0.4, -0.2) is 23.1 Å². The molecule has 4 aromatic heterocycles. The quantitative estimate of drug-likeness (QED) is 0.222. The fourth-order valence-electron chi connectivity index (χ4n) is 1.89. The highest BCUT2D eigenvalue weighted by molar-refractivity contribution is 7.12. The Morgan fingerprint density at radius 3 is 1.44 bits per heavy atom. The summed E-state index contributed by atoms with van der Waals surface area (Å²) in [6, 6.07) is 10.5. The second-order valence-electron chi connectivity index (χ2n) is 6.20. The van der Waals surface area contributed by atoms with E-state index >= 15 is 0 Å². The van der Waals surface area contributed by atoms with Crippen LogP contribution in [0.2, 0.25) is 0 Å². The highest BCUT2D eigenvalue weighted by atomic mass is 32.1. The molecule has 4 heterocycles. The number of furan rings is 2. The summed E-state index contributed by atoms with van der Waals surface area (Å²) in [5.74, 6) is 0.727. The Morgan fingerprint density at radius 2 is 1.23 bits per heavy atom. The summed E-state index contributed by atoms with van der Waals surface area (Å²) in [6.45, 7) is 10.1. The molecule has 0 unspecified atom stereocenters. The first-order valence-electron chi connectivity index (χ1n) is 10.4. The Kier molecular flexibility index (Phi) is 36.4. The lowest BCUT2D eigenvalue weighted by molar-refractivity contribution is 0.0983. The molecular weight excluding hydrogens is 532 g/mol. The van der Waals surface area contributed by atoms with Gasteiger partial charge < -0.3 is 8.83 Å². The Labute approximate surface area is 245 Å². The summed E-state index contributed by atoms with van der Waals surface area (Å²) >= 11 is 3.03. The molecule has 0 bridgehead atoms. The number of hydrogen-bond acceptors (Lipinski definition) is 8. The van der Waals surface area contributed by atoms with E-state index in [4.69, 9.17) is 4.42 Å². The molecule has 0 aliphatic heterocycles. The third-order valence-electron chi connectivity index (χ3n) is 3.59. The summed E-state index contributed by atoms with van der Waals surface area (Å²) in [7, 11) is 0. The van der Waals surface area contributed by atoms with Gasteiger partial charge in [-0.1, -0.05) is 57.0 Å². The van der Waals surface area contributed by atoms with E-state index in [2.05, 4.69) is 4.42 Å². The predicted octanol–water partition coefficient (Wildman–Crippen LogP) is 11.1. The van der Waals surface area contributed by atoms with Crippen LogP contribution in [0.3, 0.4) is 0 Å². The Morgan fingerprint density at radius 1 is 0.641 bits per heavy atom. The van der Waals surface area contributed by atoms with Gasteiger partial charge in [-0.2, -0.15) is 11.3 Å². The molecule has 0 N–H and O–H groups in total. The molecule has 4 aromatic rings. The lowest BCUT2D eigenvalue weighted by Gasteiger charge is -1.80. The SMILES string of the molecule is C.C.C.C.C.CC.CC(=O)c1ccco1.CC(=O)c1cccs1.CC(=O)c1ccoc1.CC(=O)c1ccsc1. The summed E-state index contributed by atoms with van der Waals surface area (Å²) < 4.78 is 9.40. The van der Waals surface area contributed by atoms with Crippen LogP contribution in [0.25, 0.3) is 0 Å². The maximum atomic E-state index is 10.5. The van der Waals surface area contributed by atoms with E-state index in [1.807, 2.05) is 48.2 Å². The van der Waals surface area contributed by atoms with Gasteiger partial charge >= 0.3 is 0 Å². The van der Waals surface area contributed by atoms with E-state index in [9.17, 15) is 19.2 Å². The van der Waals surface area contributed by atoms with Gasteiger partial charge in [0.1, 0.15) is 6.26 Å². The molecule has 0 atom stereocenters. The normalized spacial score (nSPS) is 7.64. The smallest absolute Gasteiger partial charge is 0.194 e. The molecule has 0 aliphatic carbocycles. The zero-order valence-corrected chi connectivity index (χ0v) is 21.8. The highest BCUT2D eigenvalue weighted by Gasteiger charge is 1.98. The Balaban J connectivity index is -0.0000000874. The number of carbonyl (C=O) groups is 4. The molecule has 0 fully saturated rings. The van der Waals surface area contributed by atoms with E-state index in [-0.39, 0.29) is 60.3 Å². The Hall–Kier alpha value is -3.36. The van der Waals surface area contributed by atoms with Crippen molar-refractivity contribution in [3.63, 3.8) is 0 Å². The number of carbonyl (C=O) groups excluding carboxylic acids is 4. The molecule has 6 nitrogen and oxygen atoms in total. The van der Waals surface area contributed by atoms with Crippen LogP contribution in [0.15, 0.2) is 80.2 Å². The molecule has 39 heavy (non-hydrogen) atoms. The molecule has 8 heteroatoms. The van der Waals surface area contributed by atoms with Crippen molar-refractivity contribution >= 4 is 45.8 Å². The minimum Gasteiger partial charge on any atom is -0.472 e. The van der Waals surface area contributed by atoms with Crippen molar-refractivity contribution in [2.24, 2.45) is 0 Å². The summed E-state index contributed by atoms with van der Waals surface area (Å²) in [4.78, 5) is 42.7. The van der Waals surface area contributed by atoms with E-state index in [0.717, 1.165) is 10.4 Å². The van der Waals surface area contributed by atoms with Crippen molar-refractivity contribution < 1.29 is 28.0 Å². The second kappa shape index (κ2) is 29.2. The maximum Gasteiger partial charge on any atom is 0.194 e. The van der Waals surface area contributed by atoms with Crippen molar-refractivity contribution in [2.75, 3.05) is 0 Å². The standard InChI is InChI=1S/2C6H6O2.2C6H6OS.C2H6.5CH4/c1-5(7)6-2-3-8-4-6;1-5(7)6-3-2-4-8-6;1-5(7)6-2-3-8-4-6;1-5(7)6-3-2-4-8-6;1-2;;;;;/h4*2-4H,1H3;1-2H3;5*1H4. The van der Waals surface area contributed by atoms with Gasteiger partial charge in [0, 0.05) is 17.9 Å². The third-order valence-corrected chi connectivity index (χ3v) is 5.25. The zero-order valence-electron chi connectivity index (χ0n) is 20.2. The Bertz CT molecular complexity index is 884. The predicted molar refractivity (Wildman–Crippen MR) is 171 cm³/mol. The van der Waals surface area contributed by atoms with E-state index in [1.165, 1.54) is 44.0 Å². The van der Waals surface area contributed by atoms with Crippen LogP contribution in [0.4, 0.5) is 0 Å². The first kappa shape index (κ1) is 48.7. The van der Waals surface area contributed by atoms with Gasteiger partial charge in [0.05, 0.1) is 23.0 Å². The van der Waals surface area contributed by atoms with Gasteiger partial charge in [0.25, 0.3) is 0 Å². The van der Waals surface area contributed by atoms with Crippen molar-refractivity contribution in [3.05, 3.63) is 93.1 Å². The van der Waals surface area contributed by atoms with Crippen molar-refractivity contribution in [3.8, 4) is 0 Å². The van der Waals surface area contributed by atoms with Crippen molar-refractivity contribution in [2.45, 2.75) is 78.7 Å². The summed E-state index contributed by atoms with van der Waals surface area (Å²) in [6.07, 6.45) is 4.40. The van der Waals surface area contributed by atoms with E-state index < -0.39 is 0 Å². The average molecular weight is 583 g/mol. The van der Waals surface area contributed by atoms with E-state index in [1.54, 1.807) is 43.4 Å². The molecule has 0 aliphatic rings. The van der Waals surface area contributed by atoms with Crippen molar-refractivity contribution in [1.82, 2.24) is 0 Å². The van der Waals surface area contributed by atoms with Crippen LogP contribution in [-0.2, 0) is 0 Å². The van der Waals surface area contributed by atoms with Crippen LogP contribution >= 0.6 is 22.7 Å². The van der Waals surface area contributed by atoms with Crippen LogP contribution in [0.5, 0.6) is 0 Å². The fourth-order valence-corrected chi connectivity index (χ4v) is 3.21. The number of thiophene rings is 2. The van der Waals surface area contributed by atoms with Gasteiger partial charge in [0.15, 0.2) is 28.9 Å². The average Bonchev–Trinajstić information content (AvgIpc) is 3.65. The highest BCUT2D eigenvalue weighted by Crippen LogP contribution is 2.08. The lowest BCUT2D eigenvalue weighted by atomic mass is 10.2. The molecule has 0 aromatic carbocycles. The molecule has 4 rings (SSSR count). The van der Waals surface area contributed by atoms with Gasteiger partial charge in [-0.3, -0.25) is 19.2 Å². The van der Waals surface area contributed by atoms with Crippen LogP contribution in [0.1, 0.15) is 120 Å². The van der Waals surface area contributed by atoms with Crippen molar-refractivity contribution in [1.29, 1.82) is 0 Å². The number of hydrogen-bond donors (Lipinski definition) is 0. The molecule has 0 spiro atoms. The van der Waals surface area contributed by atoms with E-state index in [0.29, 0.717) is 11.3 Å². The topological polar surface area (TPSA) is 94.6 Å². The zero-order chi connectivity index (χ0) is 25.9. The van der Waals surface area contributed by atoms with Gasteiger partial charge in [0.2, 0.25) is 0 Å². The minimum atomic E-state index is -0.0324. The number of ketones is 4. The van der Waals surface area contributed by atoms with Crippen LogP contribution < -0.4 is 0 Å². The minimum absolute atomic E-state index is 0. The first-order valence-corrected chi connectivity index (χ1v) is 12.2. The molecule has 0 amide bonds. The molecule has 0 radical (unpaired) electrons. The van der Waals surface area contributed by atoms with Gasteiger partial charge in [-0.25, -0.2) is 0 Å². The molecule has 0 saturated carbocycles. The van der Waals surface area contributed by atoms with Crippen LogP contribution in [0, 0.1) is 0 Å². The van der Waals surface area contributed by atoms with Gasteiger partial charge in [-0.15, -0.1) is 11.3 Å². The number of rotatable bonds is 4. The first-order chi connectivity index (χ1) is 16.2. The summed E-state index contributed by atoms with van der Waals surface area (Å²) in [5.41, 5.74) is 1.44. The third kappa shape index (κ3) is 22.3. The lowest BCUT2D eigenvalue weighted by Crippen LogP contribution is -1.85. The molecule has 0 saturated heterocycles. The maximum absolute atomic E-state index is 10.5. The summed E-state index contributed by atoms with van der Waals surface area (Å²) in [5, 5.41) is 5.65. The van der Waals surface area contributed by atoms with Gasteiger partial charge in [-0.05, 0) is 61.9 Å². The molecule has 222 valence electrons.